The van der Waals surface area contributed by atoms with E-state index in [9.17, 15) is 4.79 Å². The number of carbonyl (C=O) groups excluding carboxylic acids is 1. The van der Waals surface area contributed by atoms with Crippen molar-refractivity contribution in [3.8, 4) is 11.1 Å². The number of ether oxygens (including phenoxy) is 2. The first-order valence-electron chi connectivity index (χ1n) is 8.77. The van der Waals surface area contributed by atoms with E-state index in [0.717, 1.165) is 19.3 Å². The zero-order valence-electron chi connectivity index (χ0n) is 14.6. The first-order valence-corrected chi connectivity index (χ1v) is 8.77. The number of rotatable bonds is 6. The Balaban J connectivity index is 1.58. The largest absolute Gasteiger partial charge is 0.466 e. The van der Waals surface area contributed by atoms with Gasteiger partial charge < -0.3 is 9.47 Å². The zero-order chi connectivity index (χ0) is 17.5. The molecule has 3 heteroatoms. The summed E-state index contributed by atoms with van der Waals surface area (Å²) in [7, 11) is 1.40. The molecule has 130 valence electrons. The van der Waals surface area contributed by atoms with E-state index in [2.05, 4.69) is 53.3 Å². The molecule has 1 saturated carbocycles. The van der Waals surface area contributed by atoms with Crippen molar-refractivity contribution in [2.24, 2.45) is 5.92 Å². The lowest BCUT2D eigenvalue weighted by Gasteiger charge is -2.14. The second kappa shape index (κ2) is 8.63. The quantitative estimate of drug-likeness (QED) is 0.563. The highest BCUT2D eigenvalue weighted by Crippen LogP contribution is 2.31. The molecule has 0 bridgehead atoms. The van der Waals surface area contributed by atoms with Crippen LogP contribution in [0.3, 0.4) is 0 Å². The highest BCUT2D eigenvalue weighted by atomic mass is 16.5. The summed E-state index contributed by atoms with van der Waals surface area (Å²) < 4.78 is 10.8. The molecule has 0 heterocycles. The van der Waals surface area contributed by atoms with Gasteiger partial charge in [-0.05, 0) is 41.9 Å². The fraction of sp³-hybridized carbons (Fsp3) is 0.318. The second-order valence-electron chi connectivity index (χ2n) is 6.41. The Morgan fingerprint density at radius 1 is 1.08 bits per heavy atom. The highest BCUT2D eigenvalue weighted by molar-refractivity contribution is 5.81. The SMILES string of the molecule is COC(=O)/C=C/[C@H]1CCC(OCc2ccccc2-c2ccccc2)C1. The van der Waals surface area contributed by atoms with Crippen LogP contribution in [-0.2, 0) is 20.9 Å². The van der Waals surface area contributed by atoms with Crippen molar-refractivity contribution in [3.05, 3.63) is 72.3 Å². The molecule has 25 heavy (non-hydrogen) atoms. The summed E-state index contributed by atoms with van der Waals surface area (Å²) in [4.78, 5) is 11.2. The Hall–Kier alpha value is -2.39. The number of allylic oxidation sites excluding steroid dienone is 1. The fourth-order valence-electron chi connectivity index (χ4n) is 3.34. The minimum absolute atomic E-state index is 0.246. The van der Waals surface area contributed by atoms with Crippen molar-refractivity contribution in [3.63, 3.8) is 0 Å². The molecule has 2 aromatic rings. The Morgan fingerprint density at radius 3 is 2.64 bits per heavy atom. The van der Waals surface area contributed by atoms with Gasteiger partial charge >= 0.3 is 5.97 Å². The van der Waals surface area contributed by atoms with Crippen molar-refractivity contribution >= 4 is 5.97 Å². The smallest absolute Gasteiger partial charge is 0.330 e. The lowest BCUT2D eigenvalue weighted by molar-refractivity contribution is -0.134. The molecule has 0 aliphatic heterocycles. The monoisotopic (exact) mass is 336 g/mol. The molecule has 3 nitrogen and oxygen atoms in total. The first kappa shape index (κ1) is 17.4. The van der Waals surface area contributed by atoms with Crippen LogP contribution in [0, 0.1) is 5.92 Å². The highest BCUT2D eigenvalue weighted by Gasteiger charge is 2.23. The van der Waals surface area contributed by atoms with Gasteiger partial charge in [0.15, 0.2) is 0 Å². The predicted octanol–water partition coefficient (Wildman–Crippen LogP) is 4.77. The van der Waals surface area contributed by atoms with Gasteiger partial charge in [0.25, 0.3) is 0 Å². The van der Waals surface area contributed by atoms with Crippen LogP contribution >= 0.6 is 0 Å². The zero-order valence-corrected chi connectivity index (χ0v) is 14.6. The average Bonchev–Trinajstić information content (AvgIpc) is 3.13. The van der Waals surface area contributed by atoms with Crippen molar-refractivity contribution in [2.75, 3.05) is 7.11 Å². The van der Waals surface area contributed by atoms with E-state index in [4.69, 9.17) is 4.74 Å². The van der Waals surface area contributed by atoms with E-state index >= 15 is 0 Å². The van der Waals surface area contributed by atoms with Crippen LogP contribution in [0.4, 0.5) is 0 Å². The lowest BCUT2D eigenvalue weighted by Crippen LogP contribution is -2.09. The van der Waals surface area contributed by atoms with Crippen LogP contribution in [0.15, 0.2) is 66.7 Å². The Kier molecular flexibility index (Phi) is 6.02. The number of methoxy groups -OCH3 is 1. The molecule has 1 aliphatic rings. The molecule has 0 amide bonds. The van der Waals surface area contributed by atoms with E-state index in [1.54, 1.807) is 0 Å². The average molecular weight is 336 g/mol. The third-order valence-corrected chi connectivity index (χ3v) is 4.71. The third kappa shape index (κ3) is 4.80. The molecule has 0 aromatic heterocycles. The van der Waals surface area contributed by atoms with Gasteiger partial charge in [-0.2, -0.15) is 0 Å². The van der Waals surface area contributed by atoms with Gasteiger partial charge in [-0.3, -0.25) is 0 Å². The normalized spacial score (nSPS) is 20.0. The maximum absolute atomic E-state index is 11.2. The van der Waals surface area contributed by atoms with Crippen LogP contribution in [-0.4, -0.2) is 19.2 Å². The van der Waals surface area contributed by atoms with E-state index in [1.165, 1.54) is 29.9 Å². The van der Waals surface area contributed by atoms with Crippen molar-refractivity contribution in [2.45, 2.75) is 32.0 Å². The van der Waals surface area contributed by atoms with Crippen LogP contribution in [0.5, 0.6) is 0 Å². The number of esters is 1. The van der Waals surface area contributed by atoms with Gasteiger partial charge in [-0.1, -0.05) is 60.7 Å². The van der Waals surface area contributed by atoms with Crippen LogP contribution in [0.25, 0.3) is 11.1 Å². The molecule has 2 aromatic carbocycles. The number of hydrogen-bond donors (Lipinski definition) is 0. The van der Waals surface area contributed by atoms with Crippen molar-refractivity contribution in [1.82, 2.24) is 0 Å². The third-order valence-electron chi connectivity index (χ3n) is 4.71. The van der Waals surface area contributed by atoms with Crippen molar-refractivity contribution < 1.29 is 14.3 Å². The predicted molar refractivity (Wildman–Crippen MR) is 99.0 cm³/mol. The molecule has 0 spiro atoms. The number of carbonyl (C=O) groups is 1. The molecule has 2 atom stereocenters. The number of hydrogen-bond acceptors (Lipinski definition) is 3. The molecule has 0 saturated heterocycles. The van der Waals surface area contributed by atoms with Crippen LogP contribution in [0.2, 0.25) is 0 Å². The Labute approximate surface area is 149 Å². The first-order chi connectivity index (χ1) is 12.3. The Morgan fingerprint density at radius 2 is 1.84 bits per heavy atom. The molecular weight excluding hydrogens is 312 g/mol. The van der Waals surface area contributed by atoms with Gasteiger partial charge in [-0.25, -0.2) is 4.79 Å². The maximum Gasteiger partial charge on any atom is 0.330 e. The fourth-order valence-corrected chi connectivity index (χ4v) is 3.34. The summed E-state index contributed by atoms with van der Waals surface area (Å²) in [6.45, 7) is 0.614. The Bertz CT molecular complexity index is 721. The second-order valence-corrected chi connectivity index (χ2v) is 6.41. The van der Waals surface area contributed by atoms with Crippen LogP contribution in [0.1, 0.15) is 24.8 Å². The molecule has 1 unspecified atom stereocenters. The maximum atomic E-state index is 11.2. The molecule has 0 radical (unpaired) electrons. The van der Waals surface area contributed by atoms with Crippen LogP contribution < -0.4 is 0 Å². The van der Waals surface area contributed by atoms with Gasteiger partial charge in [0, 0.05) is 6.08 Å². The summed E-state index contributed by atoms with van der Waals surface area (Å²) in [5, 5.41) is 0. The molecular formula is C22H24O3. The summed E-state index contributed by atoms with van der Waals surface area (Å²) in [5.41, 5.74) is 3.65. The molecule has 3 rings (SSSR count). The van der Waals surface area contributed by atoms with E-state index in [0.29, 0.717) is 12.5 Å². The molecule has 1 aliphatic carbocycles. The summed E-state index contributed by atoms with van der Waals surface area (Å²) in [5.74, 6) is 0.106. The van der Waals surface area contributed by atoms with E-state index in [1.807, 2.05) is 12.1 Å². The lowest BCUT2D eigenvalue weighted by atomic mass is 10.0. The van der Waals surface area contributed by atoms with E-state index < -0.39 is 0 Å². The van der Waals surface area contributed by atoms with Gasteiger partial charge in [-0.15, -0.1) is 0 Å². The standard InChI is InChI=1S/C22H24O3/c1-24-22(23)14-12-17-11-13-20(15-17)25-16-19-9-5-6-10-21(19)18-7-3-2-4-8-18/h2-10,12,14,17,20H,11,13,15-16H2,1H3/b14-12+/t17-,20?/m1/s1. The summed E-state index contributed by atoms with van der Waals surface area (Å²) in [6, 6.07) is 18.8. The van der Waals surface area contributed by atoms with Crippen molar-refractivity contribution in [1.29, 1.82) is 0 Å². The summed E-state index contributed by atoms with van der Waals surface area (Å²) >= 11 is 0. The van der Waals surface area contributed by atoms with Gasteiger partial charge in [0.05, 0.1) is 19.8 Å². The van der Waals surface area contributed by atoms with Gasteiger partial charge in [0.2, 0.25) is 0 Å². The van der Waals surface area contributed by atoms with Gasteiger partial charge in [0.1, 0.15) is 0 Å². The number of benzene rings is 2. The topological polar surface area (TPSA) is 35.5 Å². The summed E-state index contributed by atoms with van der Waals surface area (Å²) in [6.07, 6.45) is 6.77. The molecule has 1 fully saturated rings. The minimum atomic E-state index is -0.291. The molecule has 0 N–H and O–H groups in total. The minimum Gasteiger partial charge on any atom is -0.466 e. The van der Waals surface area contributed by atoms with E-state index in [-0.39, 0.29) is 12.1 Å².